The Morgan fingerprint density at radius 3 is 2.14 bits per heavy atom. The summed E-state index contributed by atoms with van der Waals surface area (Å²) >= 11 is 0. The van der Waals surface area contributed by atoms with E-state index in [9.17, 15) is 38.1 Å². The first kappa shape index (κ1) is 27.2. The number of carboxylic acids is 1. The summed E-state index contributed by atoms with van der Waals surface area (Å²) in [6.07, 6.45) is -4.31. The van der Waals surface area contributed by atoms with E-state index >= 15 is 0 Å². The van der Waals surface area contributed by atoms with Crippen LogP contribution in [0, 0.1) is 0 Å². The zero-order valence-corrected chi connectivity index (χ0v) is 18.1. The number of esters is 1. The Hall–Kier alpha value is -4.00. The molecule has 1 fully saturated rings. The highest BCUT2D eigenvalue weighted by Gasteiger charge is 2.38. The summed E-state index contributed by atoms with van der Waals surface area (Å²) in [5.41, 5.74) is 0.492. The lowest BCUT2D eigenvalue weighted by atomic mass is 10.1. The second-order valence-corrected chi connectivity index (χ2v) is 7.42. The molecule has 1 aliphatic heterocycles. The van der Waals surface area contributed by atoms with E-state index < -0.39 is 36.0 Å². The zero-order valence-electron chi connectivity index (χ0n) is 18.1. The van der Waals surface area contributed by atoms with E-state index in [0.29, 0.717) is 18.5 Å². The number of rotatable bonds is 4. The van der Waals surface area contributed by atoms with Gasteiger partial charge in [-0.3, -0.25) is 4.79 Å². The molecule has 0 saturated carbocycles. The molecule has 0 spiro atoms. The summed E-state index contributed by atoms with van der Waals surface area (Å²) in [5, 5.41) is 41.5. The van der Waals surface area contributed by atoms with Gasteiger partial charge in [-0.25, -0.2) is 9.59 Å². The number of phenols is 3. The van der Waals surface area contributed by atoms with Crippen LogP contribution >= 0.6 is 0 Å². The maximum atomic E-state index is 12.5. The van der Waals surface area contributed by atoms with E-state index in [1.807, 2.05) is 0 Å². The van der Waals surface area contributed by atoms with Gasteiger partial charge in [0.2, 0.25) is 0 Å². The van der Waals surface area contributed by atoms with E-state index in [1.165, 1.54) is 36.4 Å². The Morgan fingerprint density at radius 2 is 1.57 bits per heavy atom. The Labute approximate surface area is 197 Å². The number of halogens is 3. The number of amides is 1. The first-order valence-electron chi connectivity index (χ1n) is 10.2. The molecule has 1 amide bonds. The highest BCUT2D eigenvalue weighted by Crippen LogP contribution is 2.26. The molecule has 0 bridgehead atoms. The number of alkyl halides is 3. The molecule has 10 nitrogen and oxygen atoms in total. The van der Waals surface area contributed by atoms with Crippen LogP contribution in [0.25, 0.3) is 0 Å². The molecule has 1 saturated heterocycles. The number of carbonyl (C=O) groups is 3. The van der Waals surface area contributed by atoms with Crippen LogP contribution in [0.3, 0.4) is 0 Å². The van der Waals surface area contributed by atoms with E-state index in [0.717, 1.165) is 19.0 Å². The van der Waals surface area contributed by atoms with Crippen molar-refractivity contribution in [3.05, 3.63) is 53.6 Å². The molecule has 3 rings (SSSR count). The average Bonchev–Trinajstić information content (AvgIpc) is 3.00. The van der Waals surface area contributed by atoms with Crippen molar-refractivity contribution in [1.82, 2.24) is 10.6 Å². The number of hydrogen-bond acceptors (Lipinski definition) is 8. The predicted octanol–water partition coefficient (Wildman–Crippen LogP) is 2.14. The van der Waals surface area contributed by atoms with Crippen LogP contribution in [0.15, 0.2) is 42.5 Å². The first-order valence-corrected chi connectivity index (χ1v) is 10.2. The minimum absolute atomic E-state index is 0.0663. The highest BCUT2D eigenvalue weighted by molar-refractivity contribution is 5.94. The topological polar surface area (TPSA) is 165 Å². The molecule has 2 aromatic carbocycles. The molecule has 0 aliphatic carbocycles. The van der Waals surface area contributed by atoms with Crippen LogP contribution in [0.1, 0.15) is 33.6 Å². The average molecular weight is 500 g/mol. The van der Waals surface area contributed by atoms with E-state index in [4.69, 9.17) is 14.6 Å². The molecular formula is C22H23F3N2O8. The van der Waals surface area contributed by atoms with Gasteiger partial charge in [-0.1, -0.05) is 0 Å². The Bertz CT molecular complexity index is 1040. The van der Waals surface area contributed by atoms with Crippen molar-refractivity contribution in [3.63, 3.8) is 0 Å². The van der Waals surface area contributed by atoms with Gasteiger partial charge in [0.25, 0.3) is 5.91 Å². The van der Waals surface area contributed by atoms with Crippen molar-refractivity contribution in [3.8, 4) is 17.2 Å². The maximum Gasteiger partial charge on any atom is 0.490 e. The van der Waals surface area contributed by atoms with Crippen molar-refractivity contribution < 1.29 is 52.7 Å². The van der Waals surface area contributed by atoms with Gasteiger partial charge < -0.3 is 35.8 Å². The molecule has 35 heavy (non-hydrogen) atoms. The lowest BCUT2D eigenvalue weighted by Gasteiger charge is -2.26. The van der Waals surface area contributed by atoms with Crippen LogP contribution in [-0.4, -0.2) is 69.7 Å². The summed E-state index contributed by atoms with van der Waals surface area (Å²) in [5.74, 6) is -4.41. The van der Waals surface area contributed by atoms with Gasteiger partial charge in [0, 0.05) is 12.1 Å². The largest absolute Gasteiger partial charge is 0.508 e. The van der Waals surface area contributed by atoms with Crippen LogP contribution in [0.2, 0.25) is 0 Å². The lowest BCUT2D eigenvalue weighted by molar-refractivity contribution is -0.192. The molecule has 1 aliphatic rings. The predicted molar refractivity (Wildman–Crippen MR) is 114 cm³/mol. The van der Waals surface area contributed by atoms with Crippen molar-refractivity contribution in [1.29, 1.82) is 0 Å². The number of hydrogen-bond donors (Lipinski definition) is 6. The quantitative estimate of drug-likeness (QED) is 0.272. The molecule has 0 unspecified atom stereocenters. The molecular weight excluding hydrogens is 477 g/mol. The van der Waals surface area contributed by atoms with Crippen LogP contribution in [0.4, 0.5) is 13.2 Å². The summed E-state index contributed by atoms with van der Waals surface area (Å²) in [6.45, 7) is 1.17. The molecule has 0 radical (unpaired) electrons. The normalized spacial score (nSPS) is 17.8. The molecule has 0 aromatic heterocycles. The van der Waals surface area contributed by atoms with Gasteiger partial charge in [0.1, 0.15) is 11.9 Å². The number of aliphatic carboxylic acids is 1. The number of nitrogens with one attached hydrogen (secondary N) is 2. The molecule has 2 aromatic rings. The van der Waals surface area contributed by atoms with Crippen molar-refractivity contribution in [2.24, 2.45) is 0 Å². The second-order valence-electron chi connectivity index (χ2n) is 7.42. The van der Waals surface area contributed by atoms with Crippen molar-refractivity contribution >= 4 is 17.8 Å². The summed E-state index contributed by atoms with van der Waals surface area (Å²) in [7, 11) is 0. The zero-order chi connectivity index (χ0) is 26.2. The maximum absolute atomic E-state index is 12.5. The monoisotopic (exact) mass is 500 g/mol. The summed E-state index contributed by atoms with van der Waals surface area (Å²) in [6, 6.07) is 9.13. The van der Waals surface area contributed by atoms with E-state index in [1.54, 1.807) is 0 Å². The van der Waals surface area contributed by atoms with Gasteiger partial charge >= 0.3 is 18.1 Å². The standard InChI is InChI=1S/C20H22N2O6.C2HF3O2/c23-14-6-3-12(4-7-14)19(26)22-15-11-21-9-1-2-18(15)28-20(27)13-5-8-16(24)17(25)10-13;3-2(4,5)1(6)7/h3-8,10,15,18,21,23-25H,1-2,9,11H2,(H,22,26);(H,6,7)/t15-,18-;/m1./s1. The summed E-state index contributed by atoms with van der Waals surface area (Å²) in [4.78, 5) is 33.8. The van der Waals surface area contributed by atoms with Crippen molar-refractivity contribution in [2.45, 2.75) is 31.2 Å². The molecule has 13 heteroatoms. The number of carbonyl (C=O) groups excluding carboxylic acids is 2. The number of carboxylic acid groups (broad SMARTS) is 1. The van der Waals surface area contributed by atoms with Crippen LogP contribution in [0.5, 0.6) is 17.2 Å². The van der Waals surface area contributed by atoms with Gasteiger partial charge in [-0.15, -0.1) is 0 Å². The Balaban J connectivity index is 0.000000540. The van der Waals surface area contributed by atoms with Gasteiger partial charge in [-0.2, -0.15) is 13.2 Å². The number of phenolic OH excluding ortho intramolecular Hbond substituents is 3. The smallest absolute Gasteiger partial charge is 0.490 e. The minimum atomic E-state index is -5.08. The molecule has 190 valence electrons. The number of aromatic hydroxyl groups is 3. The second kappa shape index (κ2) is 11.9. The van der Waals surface area contributed by atoms with Crippen LogP contribution < -0.4 is 10.6 Å². The Kier molecular flexibility index (Phi) is 9.28. The SMILES string of the molecule is O=C(N[C@@H]1CNCCC[C@H]1OC(=O)c1ccc(O)c(O)c1)c1ccc(O)cc1.O=C(O)C(F)(F)F. The van der Waals surface area contributed by atoms with E-state index in [-0.39, 0.29) is 23.0 Å². The fourth-order valence-electron chi connectivity index (χ4n) is 3.02. The molecule has 1 heterocycles. The molecule has 2 atom stereocenters. The van der Waals surface area contributed by atoms with Crippen molar-refractivity contribution in [2.75, 3.05) is 13.1 Å². The third-order valence-corrected chi connectivity index (χ3v) is 4.81. The van der Waals surface area contributed by atoms with Gasteiger partial charge in [-0.05, 0) is 61.9 Å². The number of benzene rings is 2. The lowest BCUT2D eigenvalue weighted by Crippen LogP contribution is -2.49. The Morgan fingerprint density at radius 1 is 0.971 bits per heavy atom. The fraction of sp³-hybridized carbons (Fsp3) is 0.318. The van der Waals surface area contributed by atoms with Crippen LogP contribution in [-0.2, 0) is 9.53 Å². The minimum Gasteiger partial charge on any atom is -0.508 e. The fourth-order valence-corrected chi connectivity index (χ4v) is 3.02. The van der Waals surface area contributed by atoms with Gasteiger partial charge in [0.05, 0.1) is 11.6 Å². The molecule has 6 N–H and O–H groups in total. The summed E-state index contributed by atoms with van der Waals surface area (Å²) < 4.78 is 37.3. The highest BCUT2D eigenvalue weighted by atomic mass is 19.4. The first-order chi connectivity index (χ1) is 16.4. The third-order valence-electron chi connectivity index (χ3n) is 4.81. The third kappa shape index (κ3) is 8.37. The number of ether oxygens (including phenoxy) is 1. The van der Waals surface area contributed by atoms with Gasteiger partial charge in [0.15, 0.2) is 11.5 Å². The van der Waals surface area contributed by atoms with E-state index in [2.05, 4.69) is 10.6 Å².